The molecule has 0 radical (unpaired) electrons. The lowest BCUT2D eigenvalue weighted by molar-refractivity contribution is -0.123. The number of nitrogens with zero attached hydrogens (tertiary/aromatic N) is 1. The molecule has 1 aromatic rings. The second-order valence-electron chi connectivity index (χ2n) is 6.48. The first-order chi connectivity index (χ1) is 12.5. The lowest BCUT2D eigenvalue weighted by atomic mass is 9.68. The smallest absolute Gasteiger partial charge is 0.337 e. The minimum Gasteiger partial charge on any atom is -0.478 e. The van der Waals surface area contributed by atoms with Gasteiger partial charge in [0.1, 0.15) is 0 Å². The molecule has 0 aromatic heterocycles. The largest absolute Gasteiger partial charge is 0.478 e. The van der Waals surface area contributed by atoms with Gasteiger partial charge in [-0.15, -0.1) is 0 Å². The number of allylic oxidation sites excluding steroid dienone is 7. The molecule has 3 rings (SSSR count). The van der Waals surface area contributed by atoms with Crippen molar-refractivity contribution in [1.29, 1.82) is 0 Å². The van der Waals surface area contributed by atoms with Crippen LogP contribution in [0.5, 0.6) is 0 Å². The van der Waals surface area contributed by atoms with Crippen LogP contribution in [0, 0.1) is 11.3 Å². The molecule has 1 amide bonds. The molecule has 26 heavy (non-hydrogen) atoms. The van der Waals surface area contributed by atoms with Gasteiger partial charge in [0.25, 0.3) is 0 Å². The molecular formula is C21H20N2O3. The summed E-state index contributed by atoms with van der Waals surface area (Å²) < 4.78 is 0. The van der Waals surface area contributed by atoms with Gasteiger partial charge in [-0.1, -0.05) is 48.6 Å². The van der Waals surface area contributed by atoms with Gasteiger partial charge in [-0.05, 0) is 30.2 Å². The summed E-state index contributed by atoms with van der Waals surface area (Å²) in [4.78, 5) is 28.6. The fraction of sp³-hybridized carbons (Fsp3) is 0.190. The van der Waals surface area contributed by atoms with Crippen LogP contribution in [-0.2, 0) is 4.79 Å². The van der Waals surface area contributed by atoms with Crippen molar-refractivity contribution in [1.82, 2.24) is 0 Å². The fourth-order valence-corrected chi connectivity index (χ4v) is 3.28. The first kappa shape index (κ1) is 17.6. The summed E-state index contributed by atoms with van der Waals surface area (Å²) in [5, 5.41) is 12.3. The Morgan fingerprint density at radius 1 is 1.27 bits per heavy atom. The lowest BCUT2D eigenvalue weighted by Crippen LogP contribution is -2.40. The van der Waals surface area contributed by atoms with E-state index in [9.17, 15) is 14.7 Å². The van der Waals surface area contributed by atoms with Crippen molar-refractivity contribution >= 4 is 23.8 Å². The summed E-state index contributed by atoms with van der Waals surface area (Å²) in [5.41, 5.74) is 1.23. The van der Waals surface area contributed by atoms with Crippen molar-refractivity contribution in [3.8, 4) is 0 Å². The number of amides is 1. The van der Waals surface area contributed by atoms with Gasteiger partial charge in [0.15, 0.2) is 0 Å². The number of hydrogen-bond acceptors (Lipinski definition) is 3. The van der Waals surface area contributed by atoms with E-state index in [4.69, 9.17) is 0 Å². The number of carboxylic acids is 1. The average Bonchev–Trinajstić information content (AvgIpc) is 2.63. The van der Waals surface area contributed by atoms with Crippen LogP contribution in [0.2, 0.25) is 0 Å². The zero-order valence-corrected chi connectivity index (χ0v) is 14.6. The Balaban J connectivity index is 1.92. The highest BCUT2D eigenvalue weighted by Crippen LogP contribution is 2.41. The number of aromatic carboxylic acids is 1. The Morgan fingerprint density at radius 3 is 2.81 bits per heavy atom. The van der Waals surface area contributed by atoms with E-state index in [0.29, 0.717) is 5.56 Å². The minimum atomic E-state index is -1.10. The van der Waals surface area contributed by atoms with Crippen LogP contribution in [-0.4, -0.2) is 30.2 Å². The van der Waals surface area contributed by atoms with Crippen molar-refractivity contribution in [2.45, 2.75) is 6.92 Å². The Hall–Kier alpha value is -3.21. The number of nitrogens with one attached hydrogen (secondary N) is 1. The molecule has 0 spiro atoms. The maximum absolute atomic E-state index is 13.1. The second kappa shape index (κ2) is 6.96. The number of fused-ring (bicyclic) bond motifs is 1. The molecule has 5 heteroatoms. The zero-order valence-electron chi connectivity index (χ0n) is 14.6. The van der Waals surface area contributed by atoms with Crippen LogP contribution in [0.4, 0.5) is 5.69 Å². The Kier molecular flexibility index (Phi) is 4.71. The minimum absolute atomic E-state index is 0.0361. The first-order valence-electron chi connectivity index (χ1n) is 8.31. The number of aliphatic imine (C=N–C) groups is 1. The summed E-state index contributed by atoms with van der Waals surface area (Å²) in [6, 6.07) is 4.82. The SMILES string of the molecule is CN=Cc1ccc(NC(=O)C2(C)C=CC=C3C=CC=CC32)c(C(=O)O)c1. The first-order valence-corrected chi connectivity index (χ1v) is 8.31. The maximum atomic E-state index is 13.1. The average molecular weight is 348 g/mol. The molecule has 2 N–H and O–H groups in total. The van der Waals surface area contributed by atoms with E-state index in [1.165, 1.54) is 6.07 Å². The summed E-state index contributed by atoms with van der Waals surface area (Å²) in [6.45, 7) is 1.86. The molecule has 2 aliphatic rings. The Morgan fingerprint density at radius 2 is 2.08 bits per heavy atom. The summed E-state index contributed by atoms with van der Waals surface area (Å²) in [6.07, 6.45) is 15.1. The quantitative estimate of drug-likeness (QED) is 0.816. The summed E-state index contributed by atoms with van der Waals surface area (Å²) in [7, 11) is 1.61. The van der Waals surface area contributed by atoms with E-state index < -0.39 is 11.4 Å². The van der Waals surface area contributed by atoms with Gasteiger partial charge in [0.05, 0.1) is 16.7 Å². The van der Waals surface area contributed by atoms with E-state index >= 15 is 0 Å². The third-order valence-corrected chi connectivity index (χ3v) is 4.73. The van der Waals surface area contributed by atoms with Gasteiger partial charge >= 0.3 is 5.97 Å². The van der Waals surface area contributed by atoms with Gasteiger partial charge in [0.2, 0.25) is 5.91 Å². The van der Waals surface area contributed by atoms with E-state index in [2.05, 4.69) is 10.3 Å². The van der Waals surface area contributed by atoms with Crippen LogP contribution in [0.3, 0.4) is 0 Å². The van der Waals surface area contributed by atoms with Gasteiger partial charge in [-0.25, -0.2) is 4.79 Å². The highest BCUT2D eigenvalue weighted by molar-refractivity contribution is 6.04. The summed E-state index contributed by atoms with van der Waals surface area (Å²) in [5.74, 6) is -1.43. The van der Waals surface area contributed by atoms with Gasteiger partial charge in [-0.2, -0.15) is 0 Å². The van der Waals surface area contributed by atoms with Crippen molar-refractivity contribution in [2.24, 2.45) is 16.3 Å². The van der Waals surface area contributed by atoms with Crippen molar-refractivity contribution < 1.29 is 14.7 Å². The molecule has 0 bridgehead atoms. The standard InChI is InChI=1S/C21H20N2O3/c1-21(11-5-7-15-6-3-4-8-17(15)21)20(26)23-18-10-9-14(13-22-2)12-16(18)19(24)25/h3-13,17H,1-2H3,(H,23,26)(H,24,25). The highest BCUT2D eigenvalue weighted by Gasteiger charge is 2.41. The highest BCUT2D eigenvalue weighted by atomic mass is 16.4. The molecule has 2 atom stereocenters. The predicted octanol–water partition coefficient (Wildman–Crippen LogP) is 3.62. The van der Waals surface area contributed by atoms with E-state index in [0.717, 1.165) is 5.57 Å². The molecule has 2 unspecified atom stereocenters. The van der Waals surface area contributed by atoms with Gasteiger partial charge in [-0.3, -0.25) is 9.79 Å². The Bertz CT molecular complexity index is 906. The molecule has 0 saturated heterocycles. The lowest BCUT2D eigenvalue weighted by Gasteiger charge is -2.36. The monoisotopic (exact) mass is 348 g/mol. The second-order valence-corrected chi connectivity index (χ2v) is 6.48. The number of carbonyl (C=O) groups is 2. The number of carboxylic acid groups (broad SMARTS) is 1. The van der Waals surface area contributed by atoms with Crippen molar-refractivity contribution in [2.75, 3.05) is 12.4 Å². The van der Waals surface area contributed by atoms with Crippen LogP contribution >= 0.6 is 0 Å². The molecule has 132 valence electrons. The number of benzene rings is 1. The Labute approximate surface area is 152 Å². The van der Waals surface area contributed by atoms with E-state index in [1.54, 1.807) is 25.4 Å². The van der Waals surface area contributed by atoms with Crippen LogP contribution in [0.15, 0.2) is 71.3 Å². The summed E-state index contributed by atoms with van der Waals surface area (Å²) >= 11 is 0. The molecule has 0 aliphatic heterocycles. The van der Waals surface area contributed by atoms with Crippen molar-refractivity contribution in [3.05, 3.63) is 77.4 Å². The molecule has 0 saturated carbocycles. The fourth-order valence-electron chi connectivity index (χ4n) is 3.28. The normalized spacial score (nSPS) is 23.6. The topological polar surface area (TPSA) is 78.8 Å². The maximum Gasteiger partial charge on any atom is 0.337 e. The number of anilines is 1. The predicted molar refractivity (Wildman–Crippen MR) is 103 cm³/mol. The molecule has 0 fully saturated rings. The molecule has 1 aromatic carbocycles. The van der Waals surface area contributed by atoms with Gasteiger partial charge < -0.3 is 10.4 Å². The number of carbonyl (C=O) groups excluding carboxylic acids is 1. The van der Waals surface area contributed by atoms with E-state index in [1.807, 2.05) is 49.5 Å². The van der Waals surface area contributed by atoms with Crippen LogP contribution in [0.1, 0.15) is 22.8 Å². The third kappa shape index (κ3) is 3.16. The third-order valence-electron chi connectivity index (χ3n) is 4.73. The van der Waals surface area contributed by atoms with Crippen molar-refractivity contribution in [3.63, 3.8) is 0 Å². The molecule has 2 aliphatic carbocycles. The molecular weight excluding hydrogens is 328 g/mol. The van der Waals surface area contributed by atoms with Crippen LogP contribution < -0.4 is 5.32 Å². The molecule has 5 nitrogen and oxygen atoms in total. The van der Waals surface area contributed by atoms with E-state index in [-0.39, 0.29) is 23.1 Å². The number of rotatable bonds is 4. The number of hydrogen-bond donors (Lipinski definition) is 2. The van der Waals surface area contributed by atoms with Crippen LogP contribution in [0.25, 0.3) is 0 Å². The molecule has 0 heterocycles. The van der Waals surface area contributed by atoms with Gasteiger partial charge in [0, 0.05) is 19.2 Å². The zero-order chi connectivity index (χ0) is 18.7.